The van der Waals surface area contributed by atoms with Gasteiger partial charge in [0.05, 0.1) is 79.3 Å². The molecule has 0 spiro atoms. The van der Waals surface area contributed by atoms with Crippen molar-refractivity contribution in [2.24, 2.45) is 112 Å². The van der Waals surface area contributed by atoms with Crippen LogP contribution in [0.25, 0.3) is 100 Å². The Morgan fingerprint density at radius 3 is 0.641 bits per heavy atom. The molecule has 0 atom stereocenters. The van der Waals surface area contributed by atoms with Gasteiger partial charge in [-0.05, 0) is 321 Å². The Kier molecular flexibility index (Phi) is 47.0. The largest absolute Gasteiger partial charge is 0.493 e. The molecular weight excluding hydrogens is 1800 g/mol. The predicted octanol–water partition coefficient (Wildman–Crippen LogP) is 13.2. The van der Waals surface area contributed by atoms with Crippen LogP contribution >= 0.6 is 0 Å². The minimum absolute atomic E-state index is 0.0461. The second-order valence-electron chi connectivity index (χ2n) is 33.4. The van der Waals surface area contributed by atoms with Gasteiger partial charge in [-0.1, -0.05) is 66.2 Å². The van der Waals surface area contributed by atoms with Gasteiger partial charge in [-0.25, -0.2) is 0 Å². The van der Waals surface area contributed by atoms with Gasteiger partial charge in [0.2, 0.25) is 0 Å². The first-order valence-electron chi connectivity index (χ1n) is 48.6. The molecule has 758 valence electrons. The fraction of sp³-hybridized carbons (Fsp3) is 0.339. The molecule has 0 bridgehead atoms. The van der Waals surface area contributed by atoms with Crippen LogP contribution in [0.2, 0.25) is 0 Å². The quantitative estimate of drug-likeness (QED) is 0.00956. The first kappa shape index (κ1) is 109. The van der Waals surface area contributed by atoms with Crippen molar-refractivity contribution in [1.29, 1.82) is 0 Å². The molecule has 0 amide bonds. The number of nitrogens with one attached hydrogen (secondary N) is 1. The van der Waals surface area contributed by atoms with Crippen molar-refractivity contribution < 1.29 is 56.8 Å². The highest BCUT2D eigenvalue weighted by Gasteiger charge is 2.20. The maximum absolute atomic E-state index is 6.11. The third-order valence-electron chi connectivity index (χ3n) is 21.6. The molecule has 0 aliphatic heterocycles. The third kappa shape index (κ3) is 38.5. The van der Waals surface area contributed by atoms with Crippen LogP contribution in [0, 0.1) is 6.92 Å². The van der Waals surface area contributed by atoms with Crippen molar-refractivity contribution >= 4 is 34.7 Å². The highest BCUT2D eigenvalue weighted by Crippen LogP contribution is 2.43. The van der Waals surface area contributed by atoms with E-state index in [4.69, 9.17) is 149 Å². The average Bonchev–Trinajstić information content (AvgIpc) is 1.26. The fourth-order valence-corrected chi connectivity index (χ4v) is 14.6. The van der Waals surface area contributed by atoms with E-state index >= 15 is 0 Å². The number of aromatic amines is 1. The molecule has 11 aromatic carbocycles. The molecule has 12 rings (SSSR count). The molecule has 33 N–H and O–H groups in total. The Labute approximate surface area is 833 Å². The lowest BCUT2D eigenvalue weighted by molar-refractivity contribution is 0.298. The number of aromatic nitrogens is 1. The lowest BCUT2D eigenvalue weighted by Crippen LogP contribution is -2.23. The summed E-state index contributed by atoms with van der Waals surface area (Å²) in [5.74, 6) is 8.59. The van der Waals surface area contributed by atoms with E-state index in [1.807, 2.05) is 115 Å². The van der Waals surface area contributed by atoms with Crippen molar-refractivity contribution in [3.8, 4) is 158 Å². The van der Waals surface area contributed by atoms with E-state index in [0.29, 0.717) is 207 Å². The molecule has 12 aromatic rings. The van der Waals surface area contributed by atoms with Crippen LogP contribution in [0.15, 0.2) is 244 Å². The summed E-state index contributed by atoms with van der Waals surface area (Å²) < 4.78 is 73.1. The molecule has 0 fully saturated rings. The maximum Gasteiger partial charge on any atom is 0.185 e. The van der Waals surface area contributed by atoms with Crippen LogP contribution in [0.4, 0.5) is 0 Å². The Balaban J connectivity index is 0.000000219. The standard InChI is InChI=1S/C38H47N5O4.C37H48N4O4.C34H50N12O4/c39-9-3-13-44-33-20-30(21-34(25-33)45-14-4-10-40)28-17-29(19-32(18-28)38-24-27-7-1-2-8-37(27)43-38)31-22-35(46-15-5-11-41)26-36(23-31)47-16-6-12-42;1-27-6-8-28(9-7-27)29-18-30(32-21-34(42-14-2-10-38)25-35(22-32)43-15-3-11-39)20-31(19-29)33-23-36(44-16-4-12-40)26-37(24-33)45-17-5-13-41;35-31(36)43-8-2-12-47-27-17-25(18-28(21-27)48-13-3-9-44-32(37)38)23-6-1-7-24(16-23)26-19-29(49-14-4-10-45-33(39)40)22-30(20-26)50-15-5-11-46-34(41)42/h1-2,7-8,17-26,43H,3-6,9-16,39-42H2;6-9,18-26H,2-5,10-17,38-41H2,1H3;1,6-7,16-22H,2-5,8-15H2,(H4,35,36,43)(H4,37,38,44)(H4,39,40,45)(H4,41,42,46). The molecule has 0 unspecified atom stereocenters. The van der Waals surface area contributed by atoms with Crippen LogP contribution in [0.3, 0.4) is 0 Å². The summed E-state index contributed by atoms with van der Waals surface area (Å²) in [5.41, 5.74) is 108. The number of para-hydroxylation sites is 1. The Bertz CT molecular complexity index is 5420. The number of hydrogen-bond acceptors (Lipinski definition) is 24. The van der Waals surface area contributed by atoms with Crippen molar-refractivity contribution in [2.45, 2.75) is 84.0 Å². The number of rotatable bonds is 60. The van der Waals surface area contributed by atoms with Gasteiger partial charge < -0.3 is 154 Å². The number of aliphatic imine (C=N–C) groups is 4. The predicted molar refractivity (Wildman–Crippen MR) is 576 cm³/mol. The van der Waals surface area contributed by atoms with Crippen LogP contribution in [0.1, 0.15) is 82.6 Å². The van der Waals surface area contributed by atoms with Crippen LogP contribution in [0.5, 0.6) is 69.0 Å². The summed E-state index contributed by atoms with van der Waals surface area (Å²) in [5, 5.41) is 1.14. The van der Waals surface area contributed by atoms with E-state index in [2.05, 4.69) is 141 Å². The van der Waals surface area contributed by atoms with E-state index in [1.54, 1.807) is 0 Å². The number of ether oxygens (including phenoxy) is 12. The molecule has 1 aromatic heterocycles. The number of guanidine groups is 4. The van der Waals surface area contributed by atoms with Crippen molar-refractivity contribution in [3.05, 3.63) is 230 Å². The summed E-state index contributed by atoms with van der Waals surface area (Å²) in [6.07, 6.45) is 8.63. The zero-order chi connectivity index (χ0) is 101. The van der Waals surface area contributed by atoms with Crippen molar-refractivity contribution in [2.75, 3.05) is 158 Å². The zero-order valence-electron chi connectivity index (χ0n) is 81.7. The number of fused-ring (bicyclic) bond motifs is 1. The minimum Gasteiger partial charge on any atom is -0.493 e. The van der Waals surface area contributed by atoms with Gasteiger partial charge in [-0.2, -0.15) is 0 Å². The first-order valence-corrected chi connectivity index (χ1v) is 48.6. The van der Waals surface area contributed by atoms with E-state index < -0.39 is 0 Å². The van der Waals surface area contributed by atoms with Gasteiger partial charge in [0.1, 0.15) is 69.0 Å². The normalized spacial score (nSPS) is 10.8. The van der Waals surface area contributed by atoms with Crippen LogP contribution in [-0.2, 0) is 0 Å². The second-order valence-corrected chi connectivity index (χ2v) is 33.4. The number of hydrogen-bond donors (Lipinski definition) is 17. The van der Waals surface area contributed by atoms with Gasteiger partial charge >= 0.3 is 0 Å². The fourth-order valence-electron chi connectivity index (χ4n) is 14.6. The molecule has 0 radical (unpaired) electrons. The van der Waals surface area contributed by atoms with E-state index in [0.717, 1.165) is 197 Å². The van der Waals surface area contributed by atoms with Crippen molar-refractivity contribution in [3.63, 3.8) is 0 Å². The highest BCUT2D eigenvalue weighted by molar-refractivity contribution is 5.90. The number of nitrogens with zero attached hydrogens (tertiary/aromatic N) is 4. The smallest absolute Gasteiger partial charge is 0.185 e. The number of aryl methyl sites for hydroxylation is 1. The molecule has 0 saturated heterocycles. The molecular formula is C109H145N21O12. The zero-order valence-corrected chi connectivity index (χ0v) is 81.7. The first-order chi connectivity index (χ1) is 69.2. The van der Waals surface area contributed by atoms with Gasteiger partial charge in [0.15, 0.2) is 23.8 Å². The molecule has 142 heavy (non-hydrogen) atoms. The number of nitrogens with two attached hydrogens (primary N) is 16. The molecule has 33 nitrogen and oxygen atoms in total. The third-order valence-corrected chi connectivity index (χ3v) is 21.6. The summed E-state index contributed by atoms with van der Waals surface area (Å²) in [4.78, 5) is 19.7. The maximum atomic E-state index is 6.11. The summed E-state index contributed by atoms with van der Waals surface area (Å²) >= 11 is 0. The number of H-pyrrole nitrogens is 1. The molecule has 0 aliphatic carbocycles. The topological polar surface area (TPSA) is 592 Å². The highest BCUT2D eigenvalue weighted by atomic mass is 16.5. The summed E-state index contributed by atoms with van der Waals surface area (Å²) in [6.45, 7) is 14.3. The Hall–Kier alpha value is -14.7. The Morgan fingerprint density at radius 1 is 0.204 bits per heavy atom. The molecule has 33 heteroatoms. The lowest BCUT2D eigenvalue weighted by atomic mass is 9.92. The average molecular weight is 1940 g/mol. The molecule has 0 saturated carbocycles. The second kappa shape index (κ2) is 61.0. The van der Waals surface area contributed by atoms with Gasteiger partial charge in [0.25, 0.3) is 0 Å². The molecule has 1 heterocycles. The van der Waals surface area contributed by atoms with Crippen LogP contribution in [-0.4, -0.2) is 187 Å². The van der Waals surface area contributed by atoms with Gasteiger partial charge in [-0.15, -0.1) is 0 Å². The van der Waals surface area contributed by atoms with Crippen molar-refractivity contribution in [1.82, 2.24) is 4.98 Å². The van der Waals surface area contributed by atoms with Gasteiger partial charge in [0, 0.05) is 105 Å². The summed E-state index contributed by atoms with van der Waals surface area (Å²) in [7, 11) is 0. The van der Waals surface area contributed by atoms with Gasteiger partial charge in [-0.3, -0.25) is 20.0 Å². The van der Waals surface area contributed by atoms with E-state index in [9.17, 15) is 0 Å². The monoisotopic (exact) mass is 1940 g/mol. The van der Waals surface area contributed by atoms with Crippen LogP contribution < -0.4 is 149 Å². The SMILES string of the molecule is Cc1ccc(-c2cc(-c3cc(OCCCN)cc(OCCCN)c3)cc(-c3cc(OCCCN)cc(OCCCN)c3)c2)cc1.NC(N)=NCCCOc1cc(OCCCN=C(N)N)cc(-c2cccc(-c3cc(OCCCN=C(N)N)cc(OCCCN=C(N)N)c3)c2)c1.NCCCOc1cc(OCCCN)cc(-c2cc(-c3cc(OCCCN)cc(OCCCN)c3)cc(-c3cc4ccccc4[nH]3)c2)c1. The molecule has 0 aliphatic rings. The van der Waals surface area contributed by atoms with E-state index in [1.165, 1.54) is 5.56 Å². The van der Waals surface area contributed by atoms with E-state index in [-0.39, 0.29) is 23.8 Å². The summed E-state index contributed by atoms with van der Waals surface area (Å²) in [6, 6.07) is 76.0. The minimum atomic E-state index is 0.0461. The Morgan fingerprint density at radius 2 is 0.408 bits per heavy atom. The lowest BCUT2D eigenvalue weighted by Gasteiger charge is -2.16. The number of benzene rings is 11.